The summed E-state index contributed by atoms with van der Waals surface area (Å²) >= 11 is 0. The van der Waals surface area contributed by atoms with Crippen molar-refractivity contribution in [3.05, 3.63) is 23.3 Å². The molecule has 0 aromatic rings. The molecule has 0 spiro atoms. The van der Waals surface area contributed by atoms with Crippen LogP contribution >= 0.6 is 0 Å². The van der Waals surface area contributed by atoms with E-state index in [1.165, 1.54) is 11.1 Å². The summed E-state index contributed by atoms with van der Waals surface area (Å²) < 4.78 is 0. The van der Waals surface area contributed by atoms with E-state index in [4.69, 9.17) is 0 Å². The molecule has 0 aromatic carbocycles. The van der Waals surface area contributed by atoms with Gasteiger partial charge in [0, 0.05) is 24.2 Å². The molecule has 0 saturated heterocycles. The summed E-state index contributed by atoms with van der Waals surface area (Å²) in [4.78, 5) is 4.88. The fraction of sp³-hybridized carbons (Fsp3) is 0.714. The molecule has 0 amide bonds. The van der Waals surface area contributed by atoms with Gasteiger partial charge in [-0.3, -0.25) is 4.90 Å². The summed E-state index contributed by atoms with van der Waals surface area (Å²) in [5, 5.41) is 0. The van der Waals surface area contributed by atoms with Crippen molar-refractivity contribution < 1.29 is 0 Å². The molecule has 0 bridgehead atoms. The van der Waals surface area contributed by atoms with Gasteiger partial charge in [-0.15, -0.1) is 6.08 Å². The second-order valence-corrected chi connectivity index (χ2v) is 5.31. The van der Waals surface area contributed by atoms with E-state index < -0.39 is 0 Å². The highest BCUT2D eigenvalue weighted by Crippen LogP contribution is 2.23. The van der Waals surface area contributed by atoms with Crippen LogP contribution in [0.5, 0.6) is 0 Å². The van der Waals surface area contributed by atoms with Crippen molar-refractivity contribution in [1.29, 1.82) is 0 Å². The molecule has 2 heterocycles. The van der Waals surface area contributed by atoms with Crippen molar-refractivity contribution >= 4 is 0 Å². The van der Waals surface area contributed by atoms with Crippen molar-refractivity contribution in [2.75, 3.05) is 26.2 Å². The monoisotopic (exact) mass is 218 g/mol. The Hall–Kier alpha value is -0.690. The van der Waals surface area contributed by atoms with Crippen LogP contribution in [0.3, 0.4) is 0 Å². The highest BCUT2D eigenvalue weighted by Gasteiger charge is 2.25. The predicted molar refractivity (Wildman–Crippen MR) is 66.9 cm³/mol. The first-order chi connectivity index (χ1) is 7.58. The molecule has 0 saturated carbocycles. The SMILES string of the molecule is CC(C)N1C[C-]=C2CN(C(C)C)C[C+]=C2C1. The molecule has 2 rings (SSSR count). The topological polar surface area (TPSA) is 6.48 Å². The zero-order chi connectivity index (χ0) is 11.7. The van der Waals surface area contributed by atoms with E-state index in [0.29, 0.717) is 12.1 Å². The Morgan fingerprint density at radius 2 is 1.75 bits per heavy atom. The maximum Gasteiger partial charge on any atom is 0.122 e. The van der Waals surface area contributed by atoms with E-state index in [1.807, 2.05) is 0 Å². The van der Waals surface area contributed by atoms with Crippen LogP contribution in [0.2, 0.25) is 0 Å². The lowest BCUT2D eigenvalue weighted by Crippen LogP contribution is -2.42. The van der Waals surface area contributed by atoms with Gasteiger partial charge in [-0.2, -0.15) is 0 Å². The van der Waals surface area contributed by atoms with Crippen LogP contribution in [0.1, 0.15) is 27.7 Å². The zero-order valence-corrected chi connectivity index (χ0v) is 10.9. The third-order valence-corrected chi connectivity index (χ3v) is 3.54. The summed E-state index contributed by atoms with van der Waals surface area (Å²) in [6.45, 7) is 13.1. The van der Waals surface area contributed by atoms with Crippen LogP contribution in [0.15, 0.2) is 11.1 Å². The Labute approximate surface area is 99.6 Å². The van der Waals surface area contributed by atoms with E-state index in [1.54, 1.807) is 0 Å². The standard InChI is InChI=1S/C14H22N2/c1-11(2)15-7-5-14-10-16(12(3)4)8-6-13(14)9-15/h11-12H,7-10H2,1-4H3. The van der Waals surface area contributed by atoms with Crippen LogP contribution in [0, 0.1) is 12.2 Å². The first-order valence-electron chi connectivity index (χ1n) is 6.25. The van der Waals surface area contributed by atoms with Gasteiger partial charge in [-0.25, -0.2) is 0 Å². The molecule has 0 fully saturated rings. The summed E-state index contributed by atoms with van der Waals surface area (Å²) in [6, 6.07) is 1.21. The summed E-state index contributed by atoms with van der Waals surface area (Å²) in [7, 11) is 0. The van der Waals surface area contributed by atoms with Crippen molar-refractivity contribution in [3.8, 4) is 0 Å². The zero-order valence-electron chi connectivity index (χ0n) is 10.9. The van der Waals surface area contributed by atoms with Gasteiger partial charge in [0.05, 0.1) is 6.54 Å². The molecule has 2 aliphatic heterocycles. The Kier molecular flexibility index (Phi) is 3.44. The fourth-order valence-corrected chi connectivity index (χ4v) is 2.16. The van der Waals surface area contributed by atoms with Gasteiger partial charge in [-0.1, -0.05) is 5.57 Å². The van der Waals surface area contributed by atoms with Crippen LogP contribution in [-0.2, 0) is 0 Å². The Balaban J connectivity index is 2.08. The van der Waals surface area contributed by atoms with E-state index in [9.17, 15) is 0 Å². The highest BCUT2D eigenvalue weighted by atomic mass is 15.2. The van der Waals surface area contributed by atoms with Gasteiger partial charge in [0.25, 0.3) is 0 Å². The summed E-state index contributed by atoms with van der Waals surface area (Å²) in [5.41, 5.74) is 2.77. The smallest absolute Gasteiger partial charge is 0.122 e. The fourth-order valence-electron chi connectivity index (χ4n) is 2.16. The number of nitrogens with zero attached hydrogens (tertiary/aromatic N) is 2. The van der Waals surface area contributed by atoms with Gasteiger partial charge in [0.15, 0.2) is 0 Å². The maximum atomic E-state index is 3.54. The molecule has 0 aromatic heterocycles. The highest BCUT2D eigenvalue weighted by molar-refractivity contribution is 5.34. The molecular weight excluding hydrogens is 196 g/mol. The Morgan fingerprint density at radius 3 is 2.38 bits per heavy atom. The van der Waals surface area contributed by atoms with Crippen molar-refractivity contribution in [2.45, 2.75) is 39.8 Å². The largest absolute Gasteiger partial charge is 0.321 e. The van der Waals surface area contributed by atoms with Crippen molar-refractivity contribution in [3.63, 3.8) is 0 Å². The van der Waals surface area contributed by atoms with E-state index >= 15 is 0 Å². The lowest BCUT2D eigenvalue weighted by molar-refractivity contribution is 0.226. The molecule has 2 aliphatic rings. The molecule has 16 heavy (non-hydrogen) atoms. The van der Waals surface area contributed by atoms with Crippen LogP contribution in [0.4, 0.5) is 0 Å². The van der Waals surface area contributed by atoms with E-state index in [2.05, 4.69) is 49.6 Å². The quantitative estimate of drug-likeness (QED) is 0.653. The molecule has 0 radical (unpaired) electrons. The molecule has 0 unspecified atom stereocenters. The molecule has 0 atom stereocenters. The van der Waals surface area contributed by atoms with Gasteiger partial charge < -0.3 is 4.90 Å². The molecule has 2 heteroatoms. The minimum absolute atomic E-state index is 0.603. The van der Waals surface area contributed by atoms with Crippen molar-refractivity contribution in [1.82, 2.24) is 9.80 Å². The molecule has 2 nitrogen and oxygen atoms in total. The Bertz CT molecular complexity index is 281. The third-order valence-electron chi connectivity index (χ3n) is 3.54. The van der Waals surface area contributed by atoms with Crippen LogP contribution < -0.4 is 0 Å². The second-order valence-electron chi connectivity index (χ2n) is 5.31. The summed E-state index contributed by atoms with van der Waals surface area (Å²) in [6.07, 6.45) is 7.08. The predicted octanol–water partition coefficient (Wildman–Crippen LogP) is 1.89. The second kappa shape index (κ2) is 4.67. The van der Waals surface area contributed by atoms with Gasteiger partial charge >= 0.3 is 0 Å². The van der Waals surface area contributed by atoms with E-state index in [-0.39, 0.29) is 0 Å². The average molecular weight is 218 g/mol. The van der Waals surface area contributed by atoms with Gasteiger partial charge in [0.2, 0.25) is 0 Å². The minimum atomic E-state index is 0.603. The molecular formula is C14H22N2. The summed E-state index contributed by atoms with van der Waals surface area (Å²) in [5.74, 6) is 0. The first kappa shape index (κ1) is 11.8. The third kappa shape index (κ3) is 2.35. The van der Waals surface area contributed by atoms with Crippen LogP contribution in [0.25, 0.3) is 0 Å². The first-order valence-corrected chi connectivity index (χ1v) is 6.25. The van der Waals surface area contributed by atoms with Crippen LogP contribution in [-0.4, -0.2) is 48.1 Å². The lowest BCUT2D eigenvalue weighted by Gasteiger charge is -2.37. The van der Waals surface area contributed by atoms with Gasteiger partial charge in [-0.05, 0) is 40.3 Å². The molecule has 0 N–H and O–H groups in total. The molecule has 0 aliphatic carbocycles. The normalized spacial score (nSPS) is 22.9. The number of fused-ring (bicyclic) bond motifs is 1. The number of hydrogen-bond acceptors (Lipinski definition) is 2. The number of hydrogen-bond donors (Lipinski definition) is 0. The van der Waals surface area contributed by atoms with E-state index in [0.717, 1.165) is 26.2 Å². The minimum Gasteiger partial charge on any atom is -0.321 e. The lowest BCUT2D eigenvalue weighted by atomic mass is 9.96. The van der Waals surface area contributed by atoms with Gasteiger partial charge in [0.1, 0.15) is 6.54 Å². The maximum absolute atomic E-state index is 3.54. The Morgan fingerprint density at radius 1 is 1.06 bits per heavy atom. The average Bonchev–Trinajstić information content (AvgIpc) is 2.27. The number of rotatable bonds is 2. The molecule has 88 valence electrons. The van der Waals surface area contributed by atoms with Crippen molar-refractivity contribution in [2.24, 2.45) is 0 Å².